The number of methoxy groups -OCH3 is 1. The first-order valence-corrected chi connectivity index (χ1v) is 9.90. The molecule has 29 heavy (non-hydrogen) atoms. The van der Waals surface area contributed by atoms with Crippen molar-refractivity contribution in [2.24, 2.45) is 5.10 Å². The van der Waals surface area contributed by atoms with E-state index in [4.69, 9.17) is 9.72 Å². The third-order valence-corrected chi connectivity index (χ3v) is 5.40. The van der Waals surface area contributed by atoms with Crippen molar-refractivity contribution in [2.45, 2.75) is 6.92 Å². The van der Waals surface area contributed by atoms with Crippen LogP contribution in [0.5, 0.6) is 5.75 Å². The minimum Gasteiger partial charge on any atom is -0.497 e. The minimum absolute atomic E-state index is 0.275. The summed E-state index contributed by atoms with van der Waals surface area (Å²) in [5, 5.41) is 4.89. The Kier molecular flexibility index (Phi) is 5.35. The first-order valence-electron chi connectivity index (χ1n) is 9.08. The Morgan fingerprint density at radius 2 is 1.90 bits per heavy atom. The third kappa shape index (κ3) is 4.17. The van der Waals surface area contributed by atoms with Crippen LogP contribution < -0.4 is 10.2 Å². The van der Waals surface area contributed by atoms with Crippen molar-refractivity contribution in [2.75, 3.05) is 7.11 Å². The average Bonchev–Trinajstić information content (AvgIpc) is 3.18. The van der Waals surface area contributed by atoms with Gasteiger partial charge in [0.2, 0.25) is 0 Å². The SMILES string of the molecule is COc1ccc(-c2cc(C(=O)NN=Cc3ccc(C)s3)c3ccccc3n2)cc1. The summed E-state index contributed by atoms with van der Waals surface area (Å²) in [6.45, 7) is 2.03. The molecule has 0 radical (unpaired) electrons. The summed E-state index contributed by atoms with van der Waals surface area (Å²) in [4.78, 5) is 19.8. The molecule has 2 aromatic carbocycles. The maximum Gasteiger partial charge on any atom is 0.272 e. The van der Waals surface area contributed by atoms with E-state index in [-0.39, 0.29) is 5.91 Å². The predicted octanol–water partition coefficient (Wildman–Crippen LogP) is 5.04. The lowest BCUT2D eigenvalue weighted by atomic mass is 10.0. The van der Waals surface area contributed by atoms with Crippen molar-refractivity contribution in [3.05, 3.63) is 82.0 Å². The van der Waals surface area contributed by atoms with Gasteiger partial charge in [-0.25, -0.2) is 10.4 Å². The summed E-state index contributed by atoms with van der Waals surface area (Å²) >= 11 is 1.62. The van der Waals surface area contributed by atoms with Gasteiger partial charge in [0, 0.05) is 20.7 Å². The Balaban J connectivity index is 1.68. The zero-order chi connectivity index (χ0) is 20.2. The van der Waals surface area contributed by atoms with E-state index in [2.05, 4.69) is 10.5 Å². The number of pyridine rings is 1. The fourth-order valence-electron chi connectivity index (χ4n) is 3.01. The second-order valence-corrected chi connectivity index (χ2v) is 7.77. The number of aryl methyl sites for hydroxylation is 1. The number of carbonyl (C=O) groups excluding carboxylic acids is 1. The Bertz CT molecular complexity index is 1200. The lowest BCUT2D eigenvalue weighted by Crippen LogP contribution is -2.18. The molecule has 5 nitrogen and oxygen atoms in total. The number of rotatable bonds is 5. The van der Waals surface area contributed by atoms with Crippen LogP contribution in [0.15, 0.2) is 71.8 Å². The van der Waals surface area contributed by atoms with Crippen LogP contribution in [0.25, 0.3) is 22.2 Å². The number of carbonyl (C=O) groups is 1. The van der Waals surface area contributed by atoms with E-state index in [1.54, 1.807) is 30.7 Å². The summed E-state index contributed by atoms with van der Waals surface area (Å²) in [6, 6.07) is 21.0. The average molecular weight is 401 g/mol. The number of amides is 1. The van der Waals surface area contributed by atoms with Crippen molar-refractivity contribution in [3.63, 3.8) is 0 Å². The van der Waals surface area contributed by atoms with E-state index < -0.39 is 0 Å². The summed E-state index contributed by atoms with van der Waals surface area (Å²) in [6.07, 6.45) is 1.66. The zero-order valence-electron chi connectivity index (χ0n) is 16.0. The van der Waals surface area contributed by atoms with E-state index in [0.29, 0.717) is 5.56 Å². The largest absolute Gasteiger partial charge is 0.497 e. The van der Waals surface area contributed by atoms with Gasteiger partial charge in [-0.05, 0) is 55.5 Å². The molecule has 1 N–H and O–H groups in total. The molecule has 0 bridgehead atoms. The molecular weight excluding hydrogens is 382 g/mol. The summed E-state index contributed by atoms with van der Waals surface area (Å²) in [5.41, 5.74) is 5.54. The van der Waals surface area contributed by atoms with Gasteiger partial charge in [-0.1, -0.05) is 18.2 Å². The predicted molar refractivity (Wildman–Crippen MR) is 118 cm³/mol. The highest BCUT2D eigenvalue weighted by atomic mass is 32.1. The van der Waals surface area contributed by atoms with Gasteiger partial charge >= 0.3 is 0 Å². The third-order valence-electron chi connectivity index (χ3n) is 4.47. The van der Waals surface area contributed by atoms with Gasteiger partial charge in [0.25, 0.3) is 5.91 Å². The van der Waals surface area contributed by atoms with Gasteiger partial charge < -0.3 is 4.74 Å². The van der Waals surface area contributed by atoms with Crippen LogP contribution in [0.4, 0.5) is 0 Å². The zero-order valence-corrected chi connectivity index (χ0v) is 16.9. The maximum atomic E-state index is 12.9. The molecule has 0 saturated heterocycles. The number of ether oxygens (including phenoxy) is 1. The second kappa shape index (κ2) is 8.24. The van der Waals surface area contributed by atoms with Gasteiger partial charge in [0.15, 0.2) is 0 Å². The minimum atomic E-state index is -0.275. The van der Waals surface area contributed by atoms with Crippen molar-refractivity contribution in [1.82, 2.24) is 10.4 Å². The molecular formula is C23H19N3O2S. The molecule has 0 aliphatic carbocycles. The summed E-state index contributed by atoms with van der Waals surface area (Å²) in [7, 11) is 1.63. The maximum absolute atomic E-state index is 12.9. The van der Waals surface area contributed by atoms with E-state index in [1.165, 1.54) is 4.88 Å². The number of nitrogens with zero attached hydrogens (tertiary/aromatic N) is 2. The van der Waals surface area contributed by atoms with Crippen LogP contribution in [-0.4, -0.2) is 24.2 Å². The molecule has 2 heterocycles. The molecule has 0 spiro atoms. The Hall–Kier alpha value is -3.51. The number of aromatic nitrogens is 1. The fourth-order valence-corrected chi connectivity index (χ4v) is 3.76. The van der Waals surface area contributed by atoms with Crippen molar-refractivity contribution >= 4 is 34.4 Å². The molecule has 0 aliphatic rings. The molecule has 0 unspecified atom stereocenters. The second-order valence-electron chi connectivity index (χ2n) is 6.45. The quantitative estimate of drug-likeness (QED) is 0.376. The number of thiophene rings is 1. The number of para-hydroxylation sites is 1. The van der Waals surface area contributed by atoms with Crippen LogP contribution in [0, 0.1) is 6.92 Å². The highest BCUT2D eigenvalue weighted by Crippen LogP contribution is 2.26. The van der Waals surface area contributed by atoms with Crippen LogP contribution in [0.1, 0.15) is 20.1 Å². The van der Waals surface area contributed by atoms with Crippen LogP contribution in [-0.2, 0) is 0 Å². The molecule has 4 aromatic rings. The molecule has 0 saturated carbocycles. The highest BCUT2D eigenvalue weighted by Gasteiger charge is 2.13. The first kappa shape index (κ1) is 18.8. The molecule has 0 fully saturated rings. The molecule has 0 aliphatic heterocycles. The van der Waals surface area contributed by atoms with Gasteiger partial charge in [-0.2, -0.15) is 5.10 Å². The van der Waals surface area contributed by atoms with Crippen molar-refractivity contribution < 1.29 is 9.53 Å². The van der Waals surface area contributed by atoms with Gasteiger partial charge in [0.05, 0.1) is 30.1 Å². The summed E-state index contributed by atoms with van der Waals surface area (Å²) < 4.78 is 5.22. The lowest BCUT2D eigenvalue weighted by Gasteiger charge is -2.09. The Labute approximate surface area is 172 Å². The lowest BCUT2D eigenvalue weighted by molar-refractivity contribution is 0.0956. The number of nitrogens with one attached hydrogen (secondary N) is 1. The molecule has 0 atom stereocenters. The van der Waals surface area contributed by atoms with Crippen molar-refractivity contribution in [3.8, 4) is 17.0 Å². The number of hydrogen-bond acceptors (Lipinski definition) is 5. The standard InChI is InChI=1S/C23H19N3O2S/c1-15-7-12-18(29-15)14-24-26-23(27)20-13-22(16-8-10-17(28-2)11-9-16)25-21-6-4-3-5-19(20)21/h3-14H,1-2H3,(H,26,27). The van der Waals surface area contributed by atoms with Crippen LogP contribution in [0.2, 0.25) is 0 Å². The van der Waals surface area contributed by atoms with Crippen LogP contribution >= 0.6 is 11.3 Å². The fraction of sp³-hybridized carbons (Fsp3) is 0.0870. The first-order chi connectivity index (χ1) is 14.1. The van der Waals surface area contributed by atoms with E-state index in [1.807, 2.05) is 67.6 Å². The number of benzene rings is 2. The van der Waals surface area contributed by atoms with Gasteiger partial charge in [0.1, 0.15) is 5.75 Å². The molecule has 144 valence electrons. The van der Waals surface area contributed by atoms with Gasteiger partial charge in [-0.15, -0.1) is 11.3 Å². The Morgan fingerprint density at radius 1 is 1.10 bits per heavy atom. The monoisotopic (exact) mass is 401 g/mol. The highest BCUT2D eigenvalue weighted by molar-refractivity contribution is 7.13. The Morgan fingerprint density at radius 3 is 2.62 bits per heavy atom. The van der Waals surface area contributed by atoms with Gasteiger partial charge in [-0.3, -0.25) is 4.79 Å². The summed E-state index contributed by atoms with van der Waals surface area (Å²) in [5.74, 6) is 0.494. The molecule has 2 aromatic heterocycles. The number of hydrazone groups is 1. The van der Waals surface area contributed by atoms with E-state index >= 15 is 0 Å². The van der Waals surface area contributed by atoms with Crippen LogP contribution in [0.3, 0.4) is 0 Å². The number of fused-ring (bicyclic) bond motifs is 1. The van der Waals surface area contributed by atoms with E-state index in [9.17, 15) is 4.79 Å². The normalized spacial score (nSPS) is 11.1. The van der Waals surface area contributed by atoms with E-state index in [0.717, 1.165) is 32.8 Å². The molecule has 6 heteroatoms. The number of hydrogen-bond donors (Lipinski definition) is 1. The molecule has 1 amide bonds. The smallest absolute Gasteiger partial charge is 0.272 e. The van der Waals surface area contributed by atoms with Crippen molar-refractivity contribution in [1.29, 1.82) is 0 Å². The molecule has 4 rings (SSSR count). The topological polar surface area (TPSA) is 63.6 Å².